The molecule has 5 heteroatoms. The van der Waals surface area contributed by atoms with Gasteiger partial charge < -0.3 is 15.8 Å². The quantitative estimate of drug-likeness (QED) is 0.617. The number of hydrogen-bond acceptors (Lipinski definition) is 3. The molecule has 4 nitrogen and oxygen atoms in total. The zero-order valence-electron chi connectivity index (χ0n) is 11.5. The summed E-state index contributed by atoms with van der Waals surface area (Å²) in [4.78, 5) is 11.6. The molecule has 0 radical (unpaired) electrons. The fraction of sp³-hybridized carbons (Fsp3) is 0.400. The molecule has 20 heavy (non-hydrogen) atoms. The van der Waals surface area contributed by atoms with E-state index >= 15 is 0 Å². The fourth-order valence-electron chi connectivity index (χ4n) is 1.47. The molecular weight excluding hydrogens is 259 g/mol. The average molecular weight is 278 g/mol. The molecule has 0 bridgehead atoms. The molecule has 1 aromatic rings. The number of nitrogens with two attached hydrogens (primary N) is 1. The van der Waals surface area contributed by atoms with E-state index in [1.54, 1.807) is 6.07 Å². The van der Waals surface area contributed by atoms with Crippen molar-refractivity contribution in [3.8, 4) is 11.8 Å². The molecule has 0 aliphatic heterocycles. The summed E-state index contributed by atoms with van der Waals surface area (Å²) in [6, 6.07) is 4.39. The van der Waals surface area contributed by atoms with Crippen LogP contribution in [0.5, 0.6) is 0 Å². The Kier molecular flexibility index (Phi) is 7.33. The molecule has 0 spiro atoms. The molecule has 1 amide bonds. The fourth-order valence-corrected chi connectivity index (χ4v) is 1.47. The van der Waals surface area contributed by atoms with Gasteiger partial charge in [0.1, 0.15) is 5.82 Å². The van der Waals surface area contributed by atoms with E-state index in [4.69, 9.17) is 10.5 Å². The van der Waals surface area contributed by atoms with Crippen LogP contribution >= 0.6 is 0 Å². The summed E-state index contributed by atoms with van der Waals surface area (Å²) in [7, 11) is 0. The Morgan fingerprint density at radius 3 is 2.90 bits per heavy atom. The van der Waals surface area contributed by atoms with Crippen molar-refractivity contribution in [3.05, 3.63) is 29.6 Å². The lowest BCUT2D eigenvalue weighted by Gasteiger charge is -2.07. The van der Waals surface area contributed by atoms with E-state index in [-0.39, 0.29) is 24.6 Å². The predicted octanol–water partition coefficient (Wildman–Crippen LogP) is 1.89. The molecule has 0 saturated carbocycles. The van der Waals surface area contributed by atoms with Gasteiger partial charge in [0.25, 0.3) is 0 Å². The summed E-state index contributed by atoms with van der Waals surface area (Å²) < 4.78 is 18.9. The summed E-state index contributed by atoms with van der Waals surface area (Å²) in [5.74, 6) is 4.57. The third-order valence-corrected chi connectivity index (χ3v) is 2.40. The predicted molar refractivity (Wildman–Crippen MR) is 76.7 cm³/mol. The largest absolute Gasteiger partial charge is 0.381 e. The van der Waals surface area contributed by atoms with Crippen molar-refractivity contribution in [2.24, 2.45) is 5.73 Å². The van der Waals surface area contributed by atoms with E-state index in [1.165, 1.54) is 12.1 Å². The van der Waals surface area contributed by atoms with Crippen LogP contribution in [0, 0.1) is 17.7 Å². The number of nitrogens with one attached hydrogen (secondary N) is 1. The molecule has 108 valence electrons. The van der Waals surface area contributed by atoms with Gasteiger partial charge in [-0.3, -0.25) is 4.79 Å². The molecule has 0 fully saturated rings. The van der Waals surface area contributed by atoms with Crippen molar-refractivity contribution >= 4 is 11.6 Å². The van der Waals surface area contributed by atoms with Crippen molar-refractivity contribution in [3.63, 3.8) is 0 Å². The first kappa shape index (κ1) is 16.2. The van der Waals surface area contributed by atoms with Gasteiger partial charge in [0.05, 0.1) is 25.3 Å². The summed E-state index contributed by atoms with van der Waals surface area (Å²) >= 11 is 0. The molecular formula is C15H19FN2O2. The van der Waals surface area contributed by atoms with Crippen LogP contribution in [0.3, 0.4) is 0 Å². The number of hydrogen-bond donors (Lipinski definition) is 2. The molecule has 0 unspecified atom stereocenters. The highest BCUT2D eigenvalue weighted by molar-refractivity contribution is 5.90. The number of halogens is 1. The van der Waals surface area contributed by atoms with Crippen LogP contribution in [0.25, 0.3) is 0 Å². The maximum atomic E-state index is 13.7. The molecule has 0 aromatic heterocycles. The van der Waals surface area contributed by atoms with Crippen LogP contribution < -0.4 is 11.1 Å². The highest BCUT2D eigenvalue weighted by Gasteiger charge is 2.07. The molecule has 0 aliphatic rings. The minimum absolute atomic E-state index is 0.142. The van der Waals surface area contributed by atoms with Gasteiger partial charge in [0, 0.05) is 12.2 Å². The van der Waals surface area contributed by atoms with Crippen LogP contribution in [0.15, 0.2) is 18.2 Å². The first-order chi connectivity index (χ1) is 9.67. The Bertz CT molecular complexity index is 506. The average Bonchev–Trinajstić information content (AvgIpc) is 2.44. The topological polar surface area (TPSA) is 64.3 Å². The maximum Gasteiger partial charge on any atom is 0.226 e. The Hall–Kier alpha value is -1.90. The van der Waals surface area contributed by atoms with Gasteiger partial charge in [-0.25, -0.2) is 4.39 Å². The minimum atomic E-state index is -0.517. The highest BCUT2D eigenvalue weighted by atomic mass is 19.1. The van der Waals surface area contributed by atoms with Crippen molar-refractivity contribution in [1.82, 2.24) is 0 Å². The summed E-state index contributed by atoms with van der Waals surface area (Å²) in [5, 5.41) is 2.50. The molecule has 1 rings (SSSR count). The van der Waals surface area contributed by atoms with Gasteiger partial charge in [0.2, 0.25) is 5.91 Å². The van der Waals surface area contributed by atoms with Gasteiger partial charge in [-0.1, -0.05) is 18.8 Å². The number of carbonyl (C=O) groups is 1. The summed E-state index contributed by atoms with van der Waals surface area (Å²) in [6.07, 6.45) is 1.11. The number of anilines is 1. The van der Waals surface area contributed by atoms with Crippen LogP contribution in [-0.4, -0.2) is 25.7 Å². The van der Waals surface area contributed by atoms with E-state index in [1.807, 2.05) is 6.92 Å². The molecule has 0 aliphatic carbocycles. The van der Waals surface area contributed by atoms with Crippen LogP contribution in [0.4, 0.5) is 10.1 Å². The number of benzene rings is 1. The zero-order valence-corrected chi connectivity index (χ0v) is 11.5. The second-order valence-corrected chi connectivity index (χ2v) is 4.11. The number of carbonyl (C=O) groups excluding carboxylic acids is 1. The van der Waals surface area contributed by atoms with E-state index in [0.717, 1.165) is 6.42 Å². The van der Waals surface area contributed by atoms with E-state index in [2.05, 4.69) is 17.2 Å². The van der Waals surface area contributed by atoms with Gasteiger partial charge >= 0.3 is 0 Å². The number of amides is 1. The van der Waals surface area contributed by atoms with Crippen LogP contribution in [-0.2, 0) is 9.53 Å². The monoisotopic (exact) mass is 278 g/mol. The third kappa shape index (κ3) is 5.83. The molecule has 1 aromatic carbocycles. The SMILES string of the molecule is CCCOCCC(=O)Nc1ccc(C#CCN)cc1F. The Morgan fingerprint density at radius 2 is 2.25 bits per heavy atom. The van der Waals surface area contributed by atoms with Crippen LogP contribution in [0.1, 0.15) is 25.3 Å². The van der Waals surface area contributed by atoms with Crippen molar-refractivity contribution in [1.29, 1.82) is 0 Å². The molecule has 3 N–H and O–H groups in total. The number of ether oxygens (including phenoxy) is 1. The molecule has 0 saturated heterocycles. The Balaban J connectivity index is 2.53. The molecule has 0 atom stereocenters. The van der Waals surface area contributed by atoms with Crippen molar-refractivity contribution < 1.29 is 13.9 Å². The smallest absolute Gasteiger partial charge is 0.226 e. The standard InChI is InChI=1S/C15H19FN2O2/c1-2-9-20-10-7-15(19)18-14-6-5-12(4-3-8-17)11-13(14)16/h5-6,11H,2,7-10,17H2,1H3,(H,18,19). The Morgan fingerprint density at radius 1 is 1.45 bits per heavy atom. The maximum absolute atomic E-state index is 13.7. The lowest BCUT2D eigenvalue weighted by Crippen LogP contribution is -2.15. The normalized spacial score (nSPS) is 9.75. The summed E-state index contributed by atoms with van der Waals surface area (Å²) in [6.45, 7) is 3.17. The van der Waals surface area contributed by atoms with Crippen molar-refractivity contribution in [2.45, 2.75) is 19.8 Å². The van der Waals surface area contributed by atoms with E-state index in [0.29, 0.717) is 18.8 Å². The van der Waals surface area contributed by atoms with Crippen molar-refractivity contribution in [2.75, 3.05) is 25.1 Å². The zero-order chi connectivity index (χ0) is 14.8. The van der Waals surface area contributed by atoms with Gasteiger partial charge in [-0.2, -0.15) is 0 Å². The second-order valence-electron chi connectivity index (χ2n) is 4.11. The van der Waals surface area contributed by atoms with E-state index < -0.39 is 5.82 Å². The first-order valence-corrected chi connectivity index (χ1v) is 6.53. The first-order valence-electron chi connectivity index (χ1n) is 6.53. The van der Waals surface area contributed by atoms with E-state index in [9.17, 15) is 9.18 Å². The second kappa shape index (κ2) is 9.08. The third-order valence-electron chi connectivity index (χ3n) is 2.40. The van der Waals surface area contributed by atoms with Gasteiger partial charge in [0.15, 0.2) is 0 Å². The Labute approximate surface area is 118 Å². The summed E-state index contributed by atoms with van der Waals surface area (Å²) in [5.41, 5.74) is 5.91. The number of rotatable bonds is 6. The lowest BCUT2D eigenvalue weighted by atomic mass is 10.2. The van der Waals surface area contributed by atoms with Crippen LogP contribution in [0.2, 0.25) is 0 Å². The highest BCUT2D eigenvalue weighted by Crippen LogP contribution is 2.15. The lowest BCUT2D eigenvalue weighted by molar-refractivity contribution is -0.117. The molecule has 0 heterocycles. The van der Waals surface area contributed by atoms with Gasteiger partial charge in [-0.05, 0) is 24.6 Å². The minimum Gasteiger partial charge on any atom is -0.381 e. The van der Waals surface area contributed by atoms with Gasteiger partial charge in [-0.15, -0.1) is 0 Å².